The fourth-order valence-corrected chi connectivity index (χ4v) is 4.31. The first kappa shape index (κ1) is 15.3. The molecule has 0 aromatic heterocycles. The van der Waals surface area contributed by atoms with Crippen molar-refractivity contribution in [2.45, 2.75) is 49.6 Å². The van der Waals surface area contributed by atoms with E-state index in [-0.39, 0.29) is 10.4 Å². The molecule has 20 heavy (non-hydrogen) atoms. The van der Waals surface area contributed by atoms with Gasteiger partial charge in [0.15, 0.2) is 0 Å². The minimum absolute atomic E-state index is 0.172. The van der Waals surface area contributed by atoms with Crippen LogP contribution in [0.25, 0.3) is 0 Å². The van der Waals surface area contributed by atoms with Crippen LogP contribution in [0.15, 0.2) is 23.1 Å². The number of sulfonamides is 1. The molecule has 0 saturated heterocycles. The van der Waals surface area contributed by atoms with Crippen LogP contribution in [0.5, 0.6) is 5.75 Å². The minimum Gasteiger partial charge on any atom is -0.495 e. The molecule has 0 bridgehead atoms. The number of nitrogens with two attached hydrogens (primary N) is 1. The second kappa shape index (κ2) is 5.71. The van der Waals surface area contributed by atoms with Crippen molar-refractivity contribution in [3.05, 3.63) is 23.8 Å². The van der Waals surface area contributed by atoms with Crippen LogP contribution < -0.4 is 15.2 Å². The number of methoxy groups -OCH3 is 1. The highest BCUT2D eigenvalue weighted by Crippen LogP contribution is 2.32. The maximum absolute atomic E-state index is 12.6. The molecule has 6 heteroatoms. The zero-order chi connectivity index (χ0) is 14.8. The predicted octanol–water partition coefficient (Wildman–Crippen LogP) is 1.76. The van der Waals surface area contributed by atoms with Crippen LogP contribution in [0.3, 0.4) is 0 Å². The van der Waals surface area contributed by atoms with E-state index in [1.165, 1.54) is 7.11 Å². The molecule has 0 spiro atoms. The molecule has 0 heterocycles. The molecule has 5 nitrogen and oxygen atoms in total. The summed E-state index contributed by atoms with van der Waals surface area (Å²) in [5.74, 6) is 0.335. The number of benzene rings is 1. The molecule has 0 atom stereocenters. The Morgan fingerprint density at radius 3 is 2.55 bits per heavy atom. The first-order chi connectivity index (χ1) is 9.40. The number of hydrogen-bond donors (Lipinski definition) is 2. The fourth-order valence-electron chi connectivity index (χ4n) is 2.70. The molecule has 0 aliphatic heterocycles. The second-order valence-corrected chi connectivity index (χ2v) is 7.21. The summed E-state index contributed by atoms with van der Waals surface area (Å²) in [7, 11) is -2.12. The topological polar surface area (TPSA) is 81.4 Å². The Morgan fingerprint density at radius 1 is 1.35 bits per heavy atom. The molecule has 1 aromatic carbocycles. The van der Waals surface area contributed by atoms with Crippen LogP contribution >= 0.6 is 0 Å². The molecular weight excluding hydrogens is 276 g/mol. The normalized spacial score (nSPS) is 18.1. The molecule has 1 aromatic rings. The van der Waals surface area contributed by atoms with E-state index in [1.807, 2.05) is 6.92 Å². The zero-order valence-electron chi connectivity index (χ0n) is 12.0. The number of rotatable bonds is 5. The van der Waals surface area contributed by atoms with Gasteiger partial charge >= 0.3 is 0 Å². The van der Waals surface area contributed by atoms with E-state index >= 15 is 0 Å². The average Bonchev–Trinajstić information content (AvgIpc) is 2.83. The van der Waals surface area contributed by atoms with E-state index in [0.29, 0.717) is 12.3 Å². The quantitative estimate of drug-likeness (QED) is 0.868. The van der Waals surface area contributed by atoms with Gasteiger partial charge in [-0.1, -0.05) is 18.9 Å². The average molecular weight is 298 g/mol. The Balaban J connectivity index is 2.33. The first-order valence-electron chi connectivity index (χ1n) is 6.81. The van der Waals surface area contributed by atoms with Crippen molar-refractivity contribution in [3.8, 4) is 5.75 Å². The summed E-state index contributed by atoms with van der Waals surface area (Å²) in [6.45, 7) is 2.31. The van der Waals surface area contributed by atoms with Crippen LogP contribution in [-0.4, -0.2) is 21.1 Å². The maximum atomic E-state index is 12.6. The fraction of sp³-hybridized carbons (Fsp3) is 0.571. The van der Waals surface area contributed by atoms with Gasteiger partial charge in [0, 0.05) is 12.1 Å². The van der Waals surface area contributed by atoms with Gasteiger partial charge in [0.05, 0.1) is 7.11 Å². The summed E-state index contributed by atoms with van der Waals surface area (Å²) < 4.78 is 33.1. The predicted molar refractivity (Wildman–Crippen MR) is 78.1 cm³/mol. The summed E-state index contributed by atoms with van der Waals surface area (Å²) >= 11 is 0. The SMILES string of the molecule is COc1cc(CN)ccc1S(=O)(=O)NC1(C)CCCC1. The first-order valence-corrected chi connectivity index (χ1v) is 8.29. The van der Waals surface area contributed by atoms with Crippen LogP contribution in [-0.2, 0) is 16.6 Å². The number of hydrogen-bond acceptors (Lipinski definition) is 4. The van der Waals surface area contributed by atoms with Crippen molar-refractivity contribution in [1.29, 1.82) is 0 Å². The molecule has 112 valence electrons. The van der Waals surface area contributed by atoms with E-state index in [2.05, 4.69) is 4.72 Å². The van der Waals surface area contributed by atoms with Gasteiger partial charge in [-0.3, -0.25) is 0 Å². The highest BCUT2D eigenvalue weighted by molar-refractivity contribution is 7.89. The summed E-state index contributed by atoms with van der Waals surface area (Å²) in [6.07, 6.45) is 3.86. The molecule has 0 unspecified atom stereocenters. The standard InChI is InChI=1S/C14H22N2O3S/c1-14(7-3-4-8-14)16-20(17,18)13-6-5-11(10-15)9-12(13)19-2/h5-6,9,16H,3-4,7-8,10,15H2,1-2H3. The lowest BCUT2D eigenvalue weighted by atomic mass is 10.0. The molecular formula is C14H22N2O3S. The minimum atomic E-state index is -3.59. The van der Waals surface area contributed by atoms with E-state index in [9.17, 15) is 8.42 Å². The largest absolute Gasteiger partial charge is 0.495 e. The van der Waals surface area contributed by atoms with Gasteiger partial charge in [0.25, 0.3) is 0 Å². The summed E-state index contributed by atoms with van der Waals surface area (Å²) in [6, 6.07) is 4.95. The summed E-state index contributed by atoms with van der Waals surface area (Å²) in [5, 5.41) is 0. The zero-order valence-corrected chi connectivity index (χ0v) is 12.8. The van der Waals surface area contributed by atoms with E-state index < -0.39 is 10.0 Å². The maximum Gasteiger partial charge on any atom is 0.244 e. The van der Waals surface area contributed by atoms with Crippen molar-refractivity contribution in [2.75, 3.05) is 7.11 Å². The van der Waals surface area contributed by atoms with Crippen LogP contribution in [0.2, 0.25) is 0 Å². The van der Waals surface area contributed by atoms with Crippen molar-refractivity contribution < 1.29 is 13.2 Å². The van der Waals surface area contributed by atoms with Crippen molar-refractivity contribution >= 4 is 10.0 Å². The molecule has 0 amide bonds. The van der Waals surface area contributed by atoms with Crippen molar-refractivity contribution in [3.63, 3.8) is 0 Å². The van der Waals surface area contributed by atoms with E-state index in [4.69, 9.17) is 10.5 Å². The molecule has 0 radical (unpaired) electrons. The lowest BCUT2D eigenvalue weighted by molar-refractivity contribution is 0.397. The molecule has 1 fully saturated rings. The number of nitrogens with one attached hydrogen (secondary N) is 1. The molecule has 3 N–H and O–H groups in total. The molecule has 1 saturated carbocycles. The third-order valence-electron chi connectivity index (χ3n) is 3.84. The van der Waals surface area contributed by atoms with E-state index in [0.717, 1.165) is 31.2 Å². The highest BCUT2D eigenvalue weighted by Gasteiger charge is 2.34. The Bertz CT molecular complexity index is 578. The van der Waals surface area contributed by atoms with Crippen molar-refractivity contribution in [2.24, 2.45) is 5.73 Å². The van der Waals surface area contributed by atoms with Gasteiger partial charge in [-0.2, -0.15) is 0 Å². The van der Waals surface area contributed by atoms with Crippen LogP contribution in [0.1, 0.15) is 38.2 Å². The Kier molecular flexibility index (Phi) is 4.36. The third kappa shape index (κ3) is 3.13. The molecule has 1 aliphatic carbocycles. The second-order valence-electron chi connectivity index (χ2n) is 5.56. The lowest BCUT2D eigenvalue weighted by Crippen LogP contribution is -2.43. The van der Waals surface area contributed by atoms with Gasteiger partial charge in [0.1, 0.15) is 10.6 Å². The Morgan fingerprint density at radius 2 is 2.00 bits per heavy atom. The lowest BCUT2D eigenvalue weighted by Gasteiger charge is -2.25. The van der Waals surface area contributed by atoms with Crippen molar-refractivity contribution in [1.82, 2.24) is 4.72 Å². The van der Waals surface area contributed by atoms with Gasteiger partial charge < -0.3 is 10.5 Å². The van der Waals surface area contributed by atoms with Crippen LogP contribution in [0.4, 0.5) is 0 Å². The Labute approximate surface area is 120 Å². The van der Waals surface area contributed by atoms with Gasteiger partial charge in [-0.05, 0) is 37.5 Å². The van der Waals surface area contributed by atoms with E-state index in [1.54, 1.807) is 18.2 Å². The molecule has 1 aliphatic rings. The highest BCUT2D eigenvalue weighted by atomic mass is 32.2. The monoisotopic (exact) mass is 298 g/mol. The van der Waals surface area contributed by atoms with Gasteiger partial charge in [-0.15, -0.1) is 0 Å². The summed E-state index contributed by atoms with van der Waals surface area (Å²) in [4.78, 5) is 0.172. The van der Waals surface area contributed by atoms with Gasteiger partial charge in [0.2, 0.25) is 10.0 Å². The smallest absolute Gasteiger partial charge is 0.244 e. The Hall–Kier alpha value is -1.11. The van der Waals surface area contributed by atoms with Gasteiger partial charge in [-0.25, -0.2) is 13.1 Å². The van der Waals surface area contributed by atoms with Crippen LogP contribution in [0, 0.1) is 0 Å². The molecule has 2 rings (SSSR count). The third-order valence-corrected chi connectivity index (χ3v) is 5.52. The number of ether oxygens (including phenoxy) is 1. The summed E-state index contributed by atoms with van der Waals surface area (Å²) in [5.41, 5.74) is 6.05.